The fourth-order valence-electron chi connectivity index (χ4n) is 5.66. The third-order valence-corrected chi connectivity index (χ3v) is 6.73. The van der Waals surface area contributed by atoms with Crippen LogP contribution >= 0.6 is 0 Å². The molecule has 0 radical (unpaired) electrons. The molecule has 0 aromatic rings. The summed E-state index contributed by atoms with van der Waals surface area (Å²) < 4.78 is 0. The maximum absolute atomic E-state index is 14.2. The molecule has 0 amide bonds. The molecule has 0 atom stereocenters. The summed E-state index contributed by atoms with van der Waals surface area (Å²) >= 11 is 0. The molecule has 116 valence electrons. The van der Waals surface area contributed by atoms with Crippen LogP contribution in [0.3, 0.4) is 0 Å². The molecule has 1 nitrogen and oxygen atoms in total. The molecule has 0 N–H and O–H groups in total. The number of rotatable bonds is 3. The molecule has 0 aliphatic heterocycles. The summed E-state index contributed by atoms with van der Waals surface area (Å²) in [5.41, 5.74) is -0.540. The zero-order chi connectivity index (χ0) is 13.8. The van der Waals surface area contributed by atoms with E-state index >= 15 is 0 Å². The fourth-order valence-corrected chi connectivity index (χ4v) is 5.66. The van der Waals surface area contributed by atoms with E-state index in [1.165, 1.54) is 96.3 Å². The van der Waals surface area contributed by atoms with E-state index in [9.17, 15) is 5.11 Å². The zero-order valence-corrected chi connectivity index (χ0v) is 16.2. The molecular formula is C19H33NaO. The van der Waals surface area contributed by atoms with Crippen LogP contribution in [0.25, 0.3) is 0 Å². The van der Waals surface area contributed by atoms with E-state index in [-0.39, 0.29) is 29.6 Å². The van der Waals surface area contributed by atoms with Gasteiger partial charge in [0.1, 0.15) is 0 Å². The molecule has 3 aliphatic carbocycles. The van der Waals surface area contributed by atoms with Gasteiger partial charge in [-0.1, -0.05) is 114 Å². The van der Waals surface area contributed by atoms with Gasteiger partial charge in [0.15, 0.2) is 0 Å². The number of hydrogen-bond acceptors (Lipinski definition) is 1. The van der Waals surface area contributed by atoms with Gasteiger partial charge in [-0.25, -0.2) is 0 Å². The second-order valence-electron chi connectivity index (χ2n) is 7.86. The average Bonchev–Trinajstić information content (AvgIpc) is 2.56. The maximum Gasteiger partial charge on any atom is 1.00 e. The maximum atomic E-state index is 14.2. The van der Waals surface area contributed by atoms with Crippen molar-refractivity contribution in [2.24, 2.45) is 17.8 Å². The second kappa shape index (κ2) is 8.71. The van der Waals surface area contributed by atoms with Gasteiger partial charge in [-0.15, -0.1) is 5.60 Å². The fraction of sp³-hybridized carbons (Fsp3) is 1.00. The third-order valence-electron chi connectivity index (χ3n) is 6.73. The Bertz CT molecular complexity index is 240. The summed E-state index contributed by atoms with van der Waals surface area (Å²) in [4.78, 5) is 0. The molecular weight excluding hydrogens is 267 g/mol. The smallest absolute Gasteiger partial charge is 0.849 e. The first-order valence-corrected chi connectivity index (χ1v) is 9.52. The van der Waals surface area contributed by atoms with Gasteiger partial charge in [-0.05, 0) is 0 Å². The minimum absolute atomic E-state index is 0. The molecule has 3 aliphatic rings. The first-order chi connectivity index (χ1) is 9.82. The summed E-state index contributed by atoms with van der Waals surface area (Å²) in [6, 6.07) is 0. The van der Waals surface area contributed by atoms with Crippen molar-refractivity contribution >= 4 is 0 Å². The predicted octanol–water partition coefficient (Wildman–Crippen LogP) is 1.83. The Morgan fingerprint density at radius 3 is 0.952 bits per heavy atom. The van der Waals surface area contributed by atoms with Gasteiger partial charge in [0.25, 0.3) is 0 Å². The van der Waals surface area contributed by atoms with E-state index in [1.54, 1.807) is 0 Å². The first-order valence-electron chi connectivity index (χ1n) is 9.52. The normalized spacial score (nSPS) is 27.3. The Morgan fingerprint density at radius 1 is 0.476 bits per heavy atom. The van der Waals surface area contributed by atoms with Crippen LogP contribution in [0.4, 0.5) is 0 Å². The van der Waals surface area contributed by atoms with Crippen molar-refractivity contribution in [2.75, 3.05) is 0 Å². The molecule has 0 heterocycles. The van der Waals surface area contributed by atoms with Crippen LogP contribution in [0.2, 0.25) is 0 Å². The molecule has 0 spiro atoms. The van der Waals surface area contributed by atoms with Crippen LogP contribution in [0.15, 0.2) is 0 Å². The van der Waals surface area contributed by atoms with E-state index in [0.717, 1.165) is 0 Å². The Kier molecular flexibility index (Phi) is 7.59. The summed E-state index contributed by atoms with van der Waals surface area (Å²) in [6.07, 6.45) is 19.6. The van der Waals surface area contributed by atoms with E-state index < -0.39 is 5.60 Å². The van der Waals surface area contributed by atoms with E-state index in [1.807, 2.05) is 0 Å². The molecule has 0 bridgehead atoms. The average molecular weight is 300 g/mol. The van der Waals surface area contributed by atoms with Crippen molar-refractivity contribution in [3.63, 3.8) is 0 Å². The van der Waals surface area contributed by atoms with Gasteiger partial charge < -0.3 is 5.11 Å². The van der Waals surface area contributed by atoms with Crippen molar-refractivity contribution < 1.29 is 34.7 Å². The SMILES string of the molecule is [Na+].[O-]C(C1CCCCC1)(C1CCCCC1)C1CCCCC1. The standard InChI is InChI=1S/C19H33O.Na/c20-19(16-10-4-1-5-11-16,17-12-6-2-7-13-17)18-14-8-3-9-15-18;/h16-18H,1-15H2;/q-1;+1. The van der Waals surface area contributed by atoms with Crippen molar-refractivity contribution in [3.05, 3.63) is 0 Å². The van der Waals surface area contributed by atoms with Crippen LogP contribution in [-0.4, -0.2) is 5.60 Å². The van der Waals surface area contributed by atoms with Gasteiger partial charge >= 0.3 is 29.6 Å². The molecule has 3 saturated carbocycles. The zero-order valence-electron chi connectivity index (χ0n) is 14.2. The molecule has 0 saturated heterocycles. The third kappa shape index (κ3) is 4.08. The minimum atomic E-state index is -0.540. The second-order valence-corrected chi connectivity index (χ2v) is 7.86. The minimum Gasteiger partial charge on any atom is -0.849 e. The van der Waals surface area contributed by atoms with Crippen LogP contribution in [0, 0.1) is 17.8 Å². The Hall–Kier alpha value is 0.960. The van der Waals surface area contributed by atoms with Gasteiger partial charge in [0, 0.05) is 0 Å². The van der Waals surface area contributed by atoms with Gasteiger partial charge in [-0.2, -0.15) is 0 Å². The summed E-state index contributed by atoms with van der Waals surface area (Å²) in [5, 5.41) is 14.2. The molecule has 2 heteroatoms. The molecule has 21 heavy (non-hydrogen) atoms. The molecule has 3 fully saturated rings. The van der Waals surface area contributed by atoms with Crippen molar-refractivity contribution in [1.29, 1.82) is 0 Å². The monoisotopic (exact) mass is 300 g/mol. The summed E-state index contributed by atoms with van der Waals surface area (Å²) in [6.45, 7) is 0. The van der Waals surface area contributed by atoms with E-state index in [2.05, 4.69) is 0 Å². The molecule has 0 aromatic heterocycles. The van der Waals surface area contributed by atoms with Crippen molar-refractivity contribution in [1.82, 2.24) is 0 Å². The summed E-state index contributed by atoms with van der Waals surface area (Å²) in [5.74, 6) is 1.55. The summed E-state index contributed by atoms with van der Waals surface area (Å²) in [7, 11) is 0. The Balaban J connectivity index is 0.00000161. The topological polar surface area (TPSA) is 23.1 Å². The van der Waals surface area contributed by atoms with E-state index in [4.69, 9.17) is 0 Å². The predicted molar refractivity (Wildman–Crippen MR) is 82.5 cm³/mol. The van der Waals surface area contributed by atoms with Crippen molar-refractivity contribution in [3.8, 4) is 0 Å². The van der Waals surface area contributed by atoms with Crippen LogP contribution in [-0.2, 0) is 0 Å². The largest absolute Gasteiger partial charge is 1.00 e. The Morgan fingerprint density at radius 2 is 0.714 bits per heavy atom. The van der Waals surface area contributed by atoms with Crippen LogP contribution < -0.4 is 34.7 Å². The van der Waals surface area contributed by atoms with Gasteiger partial charge in [0.2, 0.25) is 0 Å². The first kappa shape index (κ1) is 18.3. The van der Waals surface area contributed by atoms with Crippen LogP contribution in [0.1, 0.15) is 96.3 Å². The quantitative estimate of drug-likeness (QED) is 0.729. The molecule has 0 aromatic carbocycles. The van der Waals surface area contributed by atoms with E-state index in [0.29, 0.717) is 17.8 Å². The molecule has 0 unspecified atom stereocenters. The van der Waals surface area contributed by atoms with Crippen LogP contribution in [0.5, 0.6) is 0 Å². The van der Waals surface area contributed by atoms with Crippen molar-refractivity contribution in [2.45, 2.75) is 102 Å². The molecule has 3 rings (SSSR count). The van der Waals surface area contributed by atoms with Gasteiger partial charge in [0.05, 0.1) is 0 Å². The van der Waals surface area contributed by atoms with Gasteiger partial charge in [-0.3, -0.25) is 0 Å². The Labute approximate surface area is 153 Å². The number of hydrogen-bond donors (Lipinski definition) is 0.